The van der Waals surface area contributed by atoms with Crippen LogP contribution in [0.4, 0.5) is 0 Å². The summed E-state index contributed by atoms with van der Waals surface area (Å²) in [5.74, 6) is 1.16. The summed E-state index contributed by atoms with van der Waals surface area (Å²) in [7, 11) is 0. The van der Waals surface area contributed by atoms with Gasteiger partial charge in [-0.25, -0.2) is 4.98 Å². The molecule has 1 aromatic carbocycles. The Kier molecular flexibility index (Phi) is 6.01. The van der Waals surface area contributed by atoms with Gasteiger partial charge in [0.15, 0.2) is 0 Å². The summed E-state index contributed by atoms with van der Waals surface area (Å²) < 4.78 is 7.62. The minimum absolute atomic E-state index is 0.508. The molecule has 0 saturated carbocycles. The van der Waals surface area contributed by atoms with Crippen LogP contribution < -0.4 is 0 Å². The minimum Gasteiger partial charge on any atom is -0.424 e. The third-order valence-electron chi connectivity index (χ3n) is 4.27. The monoisotopic (exact) mass is 362 g/mol. The molecular formula is C22H26N4O. The van der Waals surface area contributed by atoms with Crippen molar-refractivity contribution in [3.8, 4) is 11.3 Å². The van der Waals surface area contributed by atoms with Crippen LogP contribution >= 0.6 is 0 Å². The Bertz CT molecular complexity index is 944. The smallest absolute Gasteiger partial charge is 0.236 e. The van der Waals surface area contributed by atoms with Gasteiger partial charge >= 0.3 is 0 Å². The van der Waals surface area contributed by atoms with Crippen LogP contribution in [0.3, 0.4) is 0 Å². The first-order valence-electron chi connectivity index (χ1n) is 9.23. The molecule has 0 amide bonds. The summed E-state index contributed by atoms with van der Waals surface area (Å²) in [6, 6.07) is 10.2. The molecule has 0 bridgehead atoms. The van der Waals surface area contributed by atoms with E-state index in [1.807, 2.05) is 24.5 Å². The highest BCUT2D eigenvalue weighted by Crippen LogP contribution is 2.25. The average molecular weight is 362 g/mol. The Morgan fingerprint density at radius 1 is 1.11 bits per heavy atom. The van der Waals surface area contributed by atoms with Gasteiger partial charge in [0.1, 0.15) is 6.54 Å². The van der Waals surface area contributed by atoms with Gasteiger partial charge in [0, 0.05) is 12.5 Å². The summed E-state index contributed by atoms with van der Waals surface area (Å²) in [4.78, 5) is 4.67. The predicted octanol–water partition coefficient (Wildman–Crippen LogP) is 5.44. The largest absolute Gasteiger partial charge is 0.424 e. The molecule has 0 fully saturated rings. The Labute approximate surface area is 160 Å². The average Bonchev–Trinajstić information content (AvgIpc) is 3.22. The number of aryl methyl sites for hydroxylation is 1. The van der Waals surface area contributed by atoms with E-state index in [0.717, 1.165) is 29.8 Å². The van der Waals surface area contributed by atoms with E-state index in [-0.39, 0.29) is 0 Å². The number of benzene rings is 1. The maximum absolute atomic E-state index is 5.55. The molecule has 27 heavy (non-hydrogen) atoms. The minimum atomic E-state index is 0.508. The SMILES string of the molecule is CC(C)=CCC/C(C)=C/c1c(-c2ccccc2)ncn1Cc1nnc(C)o1. The molecule has 0 atom stereocenters. The summed E-state index contributed by atoms with van der Waals surface area (Å²) in [6.45, 7) is 8.74. The quantitative estimate of drug-likeness (QED) is 0.525. The van der Waals surface area contributed by atoms with Crippen LogP contribution in [0.1, 0.15) is 51.1 Å². The lowest BCUT2D eigenvalue weighted by molar-refractivity contribution is 0.454. The Morgan fingerprint density at radius 2 is 1.89 bits per heavy atom. The van der Waals surface area contributed by atoms with E-state index in [4.69, 9.17) is 4.42 Å². The van der Waals surface area contributed by atoms with Gasteiger partial charge in [0.25, 0.3) is 0 Å². The first-order chi connectivity index (χ1) is 13.0. The molecule has 2 aromatic heterocycles. The van der Waals surface area contributed by atoms with Crippen molar-refractivity contribution < 1.29 is 4.42 Å². The molecule has 0 saturated heterocycles. The van der Waals surface area contributed by atoms with Crippen molar-refractivity contribution in [3.05, 3.63) is 71.4 Å². The predicted molar refractivity (Wildman–Crippen MR) is 108 cm³/mol. The van der Waals surface area contributed by atoms with Crippen LogP contribution in [0.25, 0.3) is 17.3 Å². The second-order valence-corrected chi connectivity index (χ2v) is 7.00. The molecule has 2 heterocycles. The van der Waals surface area contributed by atoms with Crippen molar-refractivity contribution in [2.75, 3.05) is 0 Å². The number of hydrogen-bond donors (Lipinski definition) is 0. The van der Waals surface area contributed by atoms with E-state index in [1.165, 1.54) is 11.1 Å². The van der Waals surface area contributed by atoms with E-state index < -0.39 is 0 Å². The molecule has 0 unspecified atom stereocenters. The maximum Gasteiger partial charge on any atom is 0.236 e. The van der Waals surface area contributed by atoms with Gasteiger partial charge < -0.3 is 8.98 Å². The fourth-order valence-corrected chi connectivity index (χ4v) is 2.93. The van der Waals surface area contributed by atoms with Crippen LogP contribution in [-0.4, -0.2) is 19.7 Å². The van der Waals surface area contributed by atoms with Crippen molar-refractivity contribution in [1.29, 1.82) is 0 Å². The van der Waals surface area contributed by atoms with Crippen molar-refractivity contribution in [2.24, 2.45) is 0 Å². The summed E-state index contributed by atoms with van der Waals surface area (Å²) in [6.07, 6.45) is 8.40. The van der Waals surface area contributed by atoms with E-state index in [0.29, 0.717) is 18.3 Å². The first-order valence-corrected chi connectivity index (χ1v) is 9.23. The third kappa shape index (κ3) is 5.03. The molecule has 0 aliphatic carbocycles. The first kappa shape index (κ1) is 18.8. The zero-order chi connectivity index (χ0) is 19.2. The third-order valence-corrected chi connectivity index (χ3v) is 4.27. The molecule has 0 radical (unpaired) electrons. The fourth-order valence-electron chi connectivity index (χ4n) is 2.93. The molecule has 5 nitrogen and oxygen atoms in total. The molecule has 0 N–H and O–H groups in total. The zero-order valence-electron chi connectivity index (χ0n) is 16.4. The molecule has 5 heteroatoms. The second-order valence-electron chi connectivity index (χ2n) is 7.00. The van der Waals surface area contributed by atoms with Gasteiger partial charge in [0.05, 0.1) is 17.7 Å². The Morgan fingerprint density at radius 3 is 2.56 bits per heavy atom. The molecule has 0 aliphatic rings. The van der Waals surface area contributed by atoms with Crippen LogP contribution in [0.5, 0.6) is 0 Å². The zero-order valence-corrected chi connectivity index (χ0v) is 16.4. The second kappa shape index (κ2) is 8.62. The van der Waals surface area contributed by atoms with Crippen molar-refractivity contribution in [3.63, 3.8) is 0 Å². The van der Waals surface area contributed by atoms with Crippen molar-refractivity contribution in [2.45, 2.75) is 47.1 Å². The number of imidazole rings is 1. The number of hydrogen-bond acceptors (Lipinski definition) is 4. The van der Waals surface area contributed by atoms with Gasteiger partial charge in [-0.3, -0.25) is 0 Å². The number of aromatic nitrogens is 4. The lowest BCUT2D eigenvalue weighted by Crippen LogP contribution is -2.02. The van der Waals surface area contributed by atoms with Gasteiger partial charge in [-0.2, -0.15) is 0 Å². The van der Waals surface area contributed by atoms with Crippen LogP contribution in [-0.2, 0) is 6.54 Å². The van der Waals surface area contributed by atoms with Crippen LogP contribution in [0.2, 0.25) is 0 Å². The molecule has 3 rings (SSSR count). The molecular weight excluding hydrogens is 336 g/mol. The lowest BCUT2D eigenvalue weighted by atomic mass is 10.1. The van der Waals surface area contributed by atoms with Crippen LogP contribution in [0.15, 0.2) is 58.3 Å². The van der Waals surface area contributed by atoms with E-state index in [2.05, 4.69) is 64.8 Å². The van der Waals surface area contributed by atoms with Crippen molar-refractivity contribution in [1.82, 2.24) is 19.7 Å². The topological polar surface area (TPSA) is 56.7 Å². The van der Waals surface area contributed by atoms with Crippen LogP contribution in [0, 0.1) is 6.92 Å². The Hall–Kier alpha value is -2.95. The van der Waals surface area contributed by atoms with Gasteiger partial charge in [-0.05, 0) is 39.7 Å². The Balaban J connectivity index is 1.94. The highest BCUT2D eigenvalue weighted by molar-refractivity contribution is 5.71. The molecule has 3 aromatic rings. The maximum atomic E-state index is 5.55. The lowest BCUT2D eigenvalue weighted by Gasteiger charge is -2.07. The van der Waals surface area contributed by atoms with E-state index >= 15 is 0 Å². The summed E-state index contributed by atoms with van der Waals surface area (Å²) in [5.41, 5.74) is 5.79. The normalized spacial score (nSPS) is 11.6. The molecule has 140 valence electrons. The van der Waals surface area contributed by atoms with E-state index in [1.54, 1.807) is 6.92 Å². The fraction of sp³-hybridized carbons (Fsp3) is 0.318. The number of rotatable bonds is 7. The van der Waals surface area contributed by atoms with E-state index in [9.17, 15) is 0 Å². The molecule has 0 aliphatic heterocycles. The summed E-state index contributed by atoms with van der Waals surface area (Å²) in [5, 5.41) is 8.04. The van der Waals surface area contributed by atoms with Gasteiger partial charge in [0.2, 0.25) is 11.8 Å². The molecule has 0 spiro atoms. The van der Waals surface area contributed by atoms with Crippen molar-refractivity contribution >= 4 is 6.08 Å². The van der Waals surface area contributed by atoms with Gasteiger partial charge in [-0.1, -0.05) is 47.6 Å². The highest BCUT2D eigenvalue weighted by Gasteiger charge is 2.13. The standard InChI is InChI=1S/C22H26N4O/c1-16(2)9-8-10-17(3)13-20-22(19-11-6-5-7-12-19)23-15-26(20)14-21-25-24-18(4)27-21/h5-7,9,11-13,15H,8,10,14H2,1-4H3/b17-13+. The highest BCUT2D eigenvalue weighted by atomic mass is 16.4. The number of allylic oxidation sites excluding steroid dienone is 3. The van der Waals surface area contributed by atoms with Gasteiger partial charge in [-0.15, -0.1) is 10.2 Å². The summed E-state index contributed by atoms with van der Waals surface area (Å²) >= 11 is 0. The number of nitrogens with zero attached hydrogens (tertiary/aromatic N) is 4.